The number of rotatable bonds is 5. The van der Waals surface area contributed by atoms with Crippen LogP contribution in [-0.2, 0) is 16.1 Å². The zero-order valence-electron chi connectivity index (χ0n) is 11.7. The minimum Gasteiger partial charge on any atom is -0.465 e. The van der Waals surface area contributed by atoms with Crippen LogP contribution in [0, 0.1) is 17.0 Å². The Bertz CT molecular complexity index is 736. The molecule has 9 nitrogen and oxygen atoms in total. The number of carbonyl (C=O) groups excluding carboxylic acids is 2. The van der Waals surface area contributed by atoms with E-state index in [0.717, 1.165) is 22.0 Å². The van der Waals surface area contributed by atoms with Crippen molar-refractivity contribution in [1.82, 2.24) is 9.78 Å². The number of aromatic nitrogens is 2. The lowest BCUT2D eigenvalue weighted by Gasteiger charge is -2.05. The molecule has 1 N–H and O–H groups in total. The highest BCUT2D eigenvalue weighted by Gasteiger charge is 2.18. The number of nitrogens with zero attached hydrogens (tertiary/aromatic N) is 3. The molecule has 0 radical (unpaired) electrons. The third-order valence-corrected chi connectivity index (χ3v) is 3.62. The fraction of sp³-hybridized carbons (Fsp3) is 0.250. The maximum atomic E-state index is 11.9. The van der Waals surface area contributed by atoms with Crippen LogP contribution in [0.2, 0.25) is 0 Å². The van der Waals surface area contributed by atoms with Crippen molar-refractivity contribution in [2.24, 2.45) is 0 Å². The van der Waals surface area contributed by atoms with Gasteiger partial charge in [0.05, 0.1) is 17.6 Å². The van der Waals surface area contributed by atoms with Crippen LogP contribution in [0.15, 0.2) is 18.5 Å². The number of hydrogen-bond donors (Lipinski definition) is 1. The first-order chi connectivity index (χ1) is 10.4. The monoisotopic (exact) mass is 324 g/mol. The maximum Gasteiger partial charge on any atom is 0.340 e. The molecule has 2 aromatic heterocycles. The molecular weight excluding hydrogens is 312 g/mol. The van der Waals surface area contributed by atoms with Gasteiger partial charge in [0.1, 0.15) is 23.9 Å². The zero-order chi connectivity index (χ0) is 16.3. The van der Waals surface area contributed by atoms with Crippen molar-refractivity contribution in [1.29, 1.82) is 0 Å². The van der Waals surface area contributed by atoms with Crippen LogP contribution in [0.5, 0.6) is 0 Å². The number of thiophene rings is 1. The van der Waals surface area contributed by atoms with Crippen molar-refractivity contribution < 1.29 is 19.2 Å². The van der Waals surface area contributed by atoms with Crippen molar-refractivity contribution >= 4 is 33.9 Å². The standard InChI is InChI=1S/C12H12N4O5S/c1-7-3-9(12(18)21-2)11(22-7)14-10(17)6-15-5-8(4-13-15)16(19)20/h3-5H,6H2,1-2H3,(H,14,17). The Kier molecular flexibility index (Phi) is 4.51. The summed E-state index contributed by atoms with van der Waals surface area (Å²) in [6.07, 6.45) is 2.21. The van der Waals surface area contributed by atoms with Gasteiger partial charge in [-0.15, -0.1) is 11.3 Å². The predicted molar refractivity (Wildman–Crippen MR) is 77.9 cm³/mol. The molecule has 0 saturated carbocycles. The van der Waals surface area contributed by atoms with E-state index in [1.807, 2.05) is 0 Å². The van der Waals surface area contributed by atoms with E-state index < -0.39 is 16.8 Å². The van der Waals surface area contributed by atoms with Crippen molar-refractivity contribution in [2.45, 2.75) is 13.5 Å². The van der Waals surface area contributed by atoms with E-state index in [0.29, 0.717) is 5.00 Å². The SMILES string of the molecule is COC(=O)c1cc(C)sc1NC(=O)Cn1cc([N+](=O)[O-])cn1. The molecule has 0 unspecified atom stereocenters. The minimum absolute atomic E-state index is 0.199. The highest BCUT2D eigenvalue weighted by atomic mass is 32.1. The molecule has 0 atom stereocenters. The first-order valence-corrected chi connectivity index (χ1v) is 6.88. The van der Waals surface area contributed by atoms with Gasteiger partial charge >= 0.3 is 11.7 Å². The van der Waals surface area contributed by atoms with E-state index in [1.165, 1.54) is 18.4 Å². The third-order valence-electron chi connectivity index (χ3n) is 2.65. The fourth-order valence-corrected chi connectivity index (χ4v) is 2.63. The van der Waals surface area contributed by atoms with E-state index in [9.17, 15) is 19.7 Å². The molecule has 0 saturated heterocycles. The van der Waals surface area contributed by atoms with Crippen LogP contribution in [-0.4, -0.2) is 33.7 Å². The summed E-state index contributed by atoms with van der Waals surface area (Å²) >= 11 is 1.24. The summed E-state index contributed by atoms with van der Waals surface area (Å²) in [6.45, 7) is 1.59. The van der Waals surface area contributed by atoms with Crippen LogP contribution in [0.1, 0.15) is 15.2 Å². The van der Waals surface area contributed by atoms with Gasteiger partial charge in [0, 0.05) is 4.88 Å². The first kappa shape index (κ1) is 15.6. The molecule has 10 heteroatoms. The average Bonchev–Trinajstić information content (AvgIpc) is 3.05. The molecule has 1 amide bonds. The number of ether oxygens (including phenoxy) is 1. The van der Waals surface area contributed by atoms with Gasteiger partial charge in [-0.1, -0.05) is 0 Å². The lowest BCUT2D eigenvalue weighted by molar-refractivity contribution is -0.385. The lowest BCUT2D eigenvalue weighted by Crippen LogP contribution is -2.19. The molecule has 0 aromatic carbocycles. The smallest absolute Gasteiger partial charge is 0.340 e. The second kappa shape index (κ2) is 6.35. The minimum atomic E-state index is -0.598. The molecule has 0 aliphatic carbocycles. The Morgan fingerprint density at radius 2 is 2.27 bits per heavy atom. The molecule has 2 heterocycles. The summed E-state index contributed by atoms with van der Waals surface area (Å²) in [6, 6.07) is 1.62. The Morgan fingerprint density at radius 3 is 2.86 bits per heavy atom. The number of nitrogens with one attached hydrogen (secondary N) is 1. The largest absolute Gasteiger partial charge is 0.465 e. The average molecular weight is 324 g/mol. The van der Waals surface area contributed by atoms with Gasteiger partial charge in [-0.25, -0.2) is 4.79 Å². The molecule has 0 fully saturated rings. The van der Waals surface area contributed by atoms with Gasteiger partial charge in [-0.3, -0.25) is 19.6 Å². The first-order valence-electron chi connectivity index (χ1n) is 6.06. The molecular formula is C12H12N4O5S. The van der Waals surface area contributed by atoms with Crippen LogP contribution < -0.4 is 5.32 Å². The normalized spacial score (nSPS) is 10.3. The third kappa shape index (κ3) is 3.47. The van der Waals surface area contributed by atoms with Crippen molar-refractivity contribution in [2.75, 3.05) is 12.4 Å². The Morgan fingerprint density at radius 1 is 1.55 bits per heavy atom. The van der Waals surface area contributed by atoms with Gasteiger partial charge in [-0.05, 0) is 13.0 Å². The topological polar surface area (TPSA) is 116 Å². The fourth-order valence-electron chi connectivity index (χ4n) is 1.72. The predicted octanol–water partition coefficient (Wildman–Crippen LogP) is 1.59. The summed E-state index contributed by atoms with van der Waals surface area (Å²) in [5.41, 5.74) is 0.0693. The number of nitro groups is 1. The Hall–Kier alpha value is -2.75. The van der Waals surface area contributed by atoms with E-state index in [2.05, 4.69) is 15.2 Å². The highest BCUT2D eigenvalue weighted by molar-refractivity contribution is 7.16. The molecule has 0 aliphatic rings. The quantitative estimate of drug-likeness (QED) is 0.507. The number of amides is 1. The van der Waals surface area contributed by atoms with E-state index in [1.54, 1.807) is 13.0 Å². The second-order valence-electron chi connectivity index (χ2n) is 4.29. The van der Waals surface area contributed by atoms with Gasteiger partial charge in [0.15, 0.2) is 0 Å². The van der Waals surface area contributed by atoms with Gasteiger partial charge in [0.2, 0.25) is 5.91 Å². The molecule has 116 valence electrons. The molecule has 0 spiro atoms. The van der Waals surface area contributed by atoms with Gasteiger partial charge in [0.25, 0.3) is 0 Å². The van der Waals surface area contributed by atoms with E-state index in [4.69, 9.17) is 0 Å². The summed E-state index contributed by atoms with van der Waals surface area (Å²) < 4.78 is 5.79. The number of carbonyl (C=O) groups is 2. The number of esters is 1. The highest BCUT2D eigenvalue weighted by Crippen LogP contribution is 2.28. The van der Waals surface area contributed by atoms with Gasteiger partial charge in [-0.2, -0.15) is 5.10 Å². The Labute approximate surface area is 128 Å². The lowest BCUT2D eigenvalue weighted by atomic mass is 10.3. The van der Waals surface area contributed by atoms with E-state index in [-0.39, 0.29) is 17.8 Å². The molecule has 0 aliphatic heterocycles. The molecule has 2 rings (SSSR count). The molecule has 2 aromatic rings. The summed E-state index contributed by atoms with van der Waals surface area (Å²) in [4.78, 5) is 34.3. The second-order valence-corrected chi connectivity index (χ2v) is 5.55. The van der Waals surface area contributed by atoms with Crippen LogP contribution in [0.4, 0.5) is 10.7 Å². The Balaban J connectivity index is 2.08. The molecule has 22 heavy (non-hydrogen) atoms. The number of aryl methyl sites for hydroxylation is 1. The van der Waals surface area contributed by atoms with E-state index >= 15 is 0 Å². The summed E-state index contributed by atoms with van der Waals surface area (Å²) in [5, 5.41) is 17.2. The van der Waals surface area contributed by atoms with Crippen molar-refractivity contribution in [3.05, 3.63) is 39.0 Å². The van der Waals surface area contributed by atoms with Crippen LogP contribution in [0.3, 0.4) is 0 Å². The van der Waals surface area contributed by atoms with Crippen LogP contribution >= 0.6 is 11.3 Å². The van der Waals surface area contributed by atoms with Gasteiger partial charge < -0.3 is 10.1 Å². The number of anilines is 1. The van der Waals surface area contributed by atoms with Crippen molar-refractivity contribution in [3.63, 3.8) is 0 Å². The zero-order valence-corrected chi connectivity index (χ0v) is 12.5. The number of hydrogen-bond acceptors (Lipinski definition) is 7. The summed E-state index contributed by atoms with van der Waals surface area (Å²) in [7, 11) is 1.25. The maximum absolute atomic E-state index is 11.9. The number of methoxy groups -OCH3 is 1. The summed E-state index contributed by atoms with van der Waals surface area (Å²) in [5.74, 6) is -1.00. The van der Waals surface area contributed by atoms with Crippen LogP contribution in [0.25, 0.3) is 0 Å². The van der Waals surface area contributed by atoms with Crippen molar-refractivity contribution in [3.8, 4) is 0 Å². The molecule has 0 bridgehead atoms.